The third-order valence-corrected chi connectivity index (χ3v) is 5.77. The van der Waals surface area contributed by atoms with Gasteiger partial charge in [-0.1, -0.05) is 0 Å². The van der Waals surface area contributed by atoms with Gasteiger partial charge in [0.2, 0.25) is 16.0 Å². The van der Waals surface area contributed by atoms with Crippen LogP contribution in [-0.2, 0) is 19.6 Å². The number of piperidine rings is 1. The van der Waals surface area contributed by atoms with Crippen molar-refractivity contribution in [3.8, 4) is 0 Å². The standard InChI is InChI=1S/C13H20N4O3S.C2HF3O2/c1-21(18,19)17-6-3-11-10(8-17)9-20-12(11)7-16-13-14-4-2-5-15-13;3-2(4,5)1(6)7/h2,4-5,10-12H,3,6-9H2,1H3,(H,14,15,16);(H,6,7)/t10-,11-,12+;/m1./s1. The minimum Gasteiger partial charge on any atom is -0.475 e. The molecule has 0 amide bonds. The lowest BCUT2D eigenvalue weighted by Gasteiger charge is -2.34. The molecule has 9 nitrogen and oxygen atoms in total. The Hall–Kier alpha value is -1.99. The Morgan fingerprint density at radius 1 is 1.39 bits per heavy atom. The van der Waals surface area contributed by atoms with E-state index in [0.29, 0.717) is 38.1 Å². The Bertz CT molecular complexity index is 763. The molecule has 2 fully saturated rings. The summed E-state index contributed by atoms with van der Waals surface area (Å²) in [5.74, 6) is -1.47. The van der Waals surface area contributed by atoms with Crippen LogP contribution in [0.25, 0.3) is 0 Å². The summed E-state index contributed by atoms with van der Waals surface area (Å²) in [7, 11) is -3.10. The summed E-state index contributed by atoms with van der Waals surface area (Å²) >= 11 is 0. The van der Waals surface area contributed by atoms with Gasteiger partial charge < -0.3 is 15.2 Å². The molecule has 2 N–H and O–H groups in total. The minimum atomic E-state index is -5.08. The second-order valence-corrected chi connectivity index (χ2v) is 8.44. The van der Waals surface area contributed by atoms with Crippen molar-refractivity contribution >= 4 is 21.9 Å². The molecule has 158 valence electrons. The van der Waals surface area contributed by atoms with Crippen LogP contribution >= 0.6 is 0 Å². The number of carboxylic acids is 1. The minimum absolute atomic E-state index is 0.0977. The maximum absolute atomic E-state index is 11.6. The number of alkyl halides is 3. The van der Waals surface area contributed by atoms with Crippen LogP contribution in [0.5, 0.6) is 0 Å². The van der Waals surface area contributed by atoms with Crippen molar-refractivity contribution in [2.75, 3.05) is 37.8 Å². The number of sulfonamides is 1. The number of carboxylic acid groups (broad SMARTS) is 1. The smallest absolute Gasteiger partial charge is 0.475 e. The molecule has 0 bridgehead atoms. The summed E-state index contributed by atoms with van der Waals surface area (Å²) in [6, 6.07) is 1.77. The summed E-state index contributed by atoms with van der Waals surface area (Å²) < 4.78 is 62.4. The number of aromatic nitrogens is 2. The van der Waals surface area contributed by atoms with Crippen molar-refractivity contribution in [3.05, 3.63) is 18.5 Å². The first-order valence-electron chi connectivity index (χ1n) is 8.36. The number of halogens is 3. The molecule has 1 aromatic heterocycles. The Morgan fingerprint density at radius 2 is 2.00 bits per heavy atom. The van der Waals surface area contributed by atoms with Crippen molar-refractivity contribution in [1.29, 1.82) is 0 Å². The van der Waals surface area contributed by atoms with Crippen LogP contribution in [0, 0.1) is 11.8 Å². The summed E-state index contributed by atoms with van der Waals surface area (Å²) in [5.41, 5.74) is 0. The molecule has 0 unspecified atom stereocenters. The van der Waals surface area contributed by atoms with E-state index in [9.17, 15) is 21.6 Å². The average molecular weight is 426 g/mol. The van der Waals surface area contributed by atoms with Gasteiger partial charge in [0.1, 0.15) is 0 Å². The molecule has 0 radical (unpaired) electrons. The van der Waals surface area contributed by atoms with Gasteiger partial charge in [-0.25, -0.2) is 27.5 Å². The molecular formula is C15H21F3N4O5S. The van der Waals surface area contributed by atoms with E-state index in [1.165, 1.54) is 6.26 Å². The van der Waals surface area contributed by atoms with Crippen LogP contribution < -0.4 is 5.32 Å². The largest absolute Gasteiger partial charge is 0.490 e. The Labute approximate surface area is 160 Å². The lowest BCUT2D eigenvalue weighted by Crippen LogP contribution is -2.44. The number of carbonyl (C=O) groups is 1. The highest BCUT2D eigenvalue weighted by Gasteiger charge is 2.42. The van der Waals surface area contributed by atoms with Crippen LogP contribution in [0.1, 0.15) is 6.42 Å². The van der Waals surface area contributed by atoms with Gasteiger partial charge in [0.05, 0.1) is 19.0 Å². The van der Waals surface area contributed by atoms with Crippen molar-refractivity contribution in [2.24, 2.45) is 11.8 Å². The number of anilines is 1. The van der Waals surface area contributed by atoms with Crippen LogP contribution in [0.2, 0.25) is 0 Å². The molecule has 0 spiro atoms. The monoisotopic (exact) mass is 426 g/mol. The predicted octanol–water partition coefficient (Wildman–Crippen LogP) is 0.818. The van der Waals surface area contributed by atoms with Gasteiger partial charge in [0, 0.05) is 37.9 Å². The molecule has 2 saturated heterocycles. The van der Waals surface area contributed by atoms with Crippen LogP contribution in [0.3, 0.4) is 0 Å². The van der Waals surface area contributed by atoms with E-state index in [2.05, 4.69) is 15.3 Å². The van der Waals surface area contributed by atoms with Gasteiger partial charge in [0.15, 0.2) is 0 Å². The normalized spacial score (nSPS) is 25.4. The van der Waals surface area contributed by atoms with E-state index in [4.69, 9.17) is 14.6 Å². The maximum Gasteiger partial charge on any atom is 0.490 e. The number of nitrogens with one attached hydrogen (secondary N) is 1. The quantitative estimate of drug-likeness (QED) is 0.726. The number of fused-ring (bicyclic) bond motifs is 1. The number of ether oxygens (including phenoxy) is 1. The van der Waals surface area contributed by atoms with Crippen molar-refractivity contribution in [1.82, 2.24) is 14.3 Å². The van der Waals surface area contributed by atoms with E-state index >= 15 is 0 Å². The number of aliphatic carboxylic acids is 1. The first kappa shape index (κ1) is 22.3. The molecule has 13 heteroatoms. The summed E-state index contributed by atoms with van der Waals surface area (Å²) in [6.07, 6.45) is 0.519. The van der Waals surface area contributed by atoms with Crippen molar-refractivity contribution < 1.29 is 36.2 Å². The topological polar surface area (TPSA) is 122 Å². The molecule has 28 heavy (non-hydrogen) atoms. The lowest BCUT2D eigenvalue weighted by molar-refractivity contribution is -0.192. The van der Waals surface area contributed by atoms with Crippen molar-refractivity contribution in [2.45, 2.75) is 18.7 Å². The van der Waals surface area contributed by atoms with E-state index in [1.807, 2.05) is 0 Å². The molecule has 1 aromatic rings. The molecule has 2 aliphatic rings. The first-order valence-corrected chi connectivity index (χ1v) is 10.2. The number of hydrogen-bond acceptors (Lipinski definition) is 7. The fraction of sp³-hybridized carbons (Fsp3) is 0.667. The number of hydrogen-bond donors (Lipinski definition) is 2. The summed E-state index contributed by atoms with van der Waals surface area (Å²) in [4.78, 5) is 17.1. The molecule has 3 rings (SSSR count). The zero-order valence-electron chi connectivity index (χ0n) is 15.0. The number of nitrogens with zero attached hydrogens (tertiary/aromatic N) is 3. The lowest BCUT2D eigenvalue weighted by atomic mass is 9.85. The fourth-order valence-corrected chi connectivity index (χ4v) is 4.05. The first-order chi connectivity index (χ1) is 13.0. The average Bonchev–Trinajstić information content (AvgIpc) is 3.02. The highest BCUT2D eigenvalue weighted by atomic mass is 32.2. The Morgan fingerprint density at radius 3 is 2.54 bits per heavy atom. The molecule has 0 saturated carbocycles. The van der Waals surface area contributed by atoms with E-state index in [-0.39, 0.29) is 12.0 Å². The van der Waals surface area contributed by atoms with E-state index in [1.54, 1.807) is 22.8 Å². The Balaban J connectivity index is 0.000000345. The SMILES string of the molecule is CS(=O)(=O)N1CC[C@@H]2[C@@H](CO[C@H]2CNc2ncccn2)C1.O=C(O)C(F)(F)F. The Kier molecular flexibility index (Phi) is 7.17. The third kappa shape index (κ3) is 6.27. The van der Waals surface area contributed by atoms with Gasteiger partial charge in [-0.3, -0.25) is 0 Å². The van der Waals surface area contributed by atoms with E-state index in [0.717, 1.165) is 6.42 Å². The third-order valence-electron chi connectivity index (χ3n) is 4.50. The van der Waals surface area contributed by atoms with Crippen LogP contribution in [0.4, 0.5) is 19.1 Å². The highest BCUT2D eigenvalue weighted by molar-refractivity contribution is 7.88. The molecular weight excluding hydrogens is 405 g/mol. The zero-order valence-corrected chi connectivity index (χ0v) is 15.8. The van der Waals surface area contributed by atoms with E-state index < -0.39 is 22.2 Å². The van der Waals surface area contributed by atoms with Gasteiger partial charge in [-0.05, 0) is 18.4 Å². The predicted molar refractivity (Wildman–Crippen MR) is 92.0 cm³/mol. The number of rotatable bonds is 4. The van der Waals surface area contributed by atoms with Gasteiger partial charge in [-0.2, -0.15) is 13.2 Å². The van der Waals surface area contributed by atoms with Crippen molar-refractivity contribution in [3.63, 3.8) is 0 Å². The van der Waals surface area contributed by atoms with Crippen LogP contribution in [-0.4, -0.2) is 78.5 Å². The molecule has 0 aliphatic carbocycles. The molecule has 3 heterocycles. The summed E-state index contributed by atoms with van der Waals surface area (Å²) in [6.45, 7) is 2.44. The zero-order chi connectivity index (χ0) is 20.9. The maximum atomic E-state index is 11.6. The van der Waals surface area contributed by atoms with Gasteiger partial charge in [-0.15, -0.1) is 0 Å². The molecule has 3 atom stereocenters. The molecule has 2 aliphatic heterocycles. The highest BCUT2D eigenvalue weighted by Crippen LogP contribution is 2.35. The van der Waals surface area contributed by atoms with Gasteiger partial charge >= 0.3 is 12.1 Å². The summed E-state index contributed by atoms with van der Waals surface area (Å²) in [5, 5.41) is 10.3. The van der Waals surface area contributed by atoms with Gasteiger partial charge in [0.25, 0.3) is 0 Å². The second-order valence-electron chi connectivity index (χ2n) is 6.46. The fourth-order valence-electron chi connectivity index (χ4n) is 3.15. The van der Waals surface area contributed by atoms with Crippen LogP contribution in [0.15, 0.2) is 18.5 Å². The second kappa shape index (κ2) is 9.01. The molecule has 0 aromatic carbocycles.